The largest absolute Gasteiger partial charge is 0.274 e. The Hall–Kier alpha value is -2.48. The zero-order chi connectivity index (χ0) is 15.4. The SMILES string of the molecule is FC(F)=C(CCc1ccccc1)c1ccc2ccccc2c1. The Morgan fingerprint density at radius 1 is 0.727 bits per heavy atom. The monoisotopic (exact) mass is 294 g/mol. The maximum absolute atomic E-state index is 13.4. The summed E-state index contributed by atoms with van der Waals surface area (Å²) in [4.78, 5) is 0. The number of benzene rings is 3. The van der Waals surface area contributed by atoms with E-state index in [1.807, 2.05) is 66.7 Å². The van der Waals surface area contributed by atoms with Crippen LogP contribution in [-0.2, 0) is 6.42 Å². The molecule has 0 amide bonds. The van der Waals surface area contributed by atoms with E-state index in [0.717, 1.165) is 16.3 Å². The molecule has 0 heterocycles. The van der Waals surface area contributed by atoms with Crippen molar-refractivity contribution in [3.05, 3.63) is 90.0 Å². The van der Waals surface area contributed by atoms with E-state index in [4.69, 9.17) is 0 Å². The van der Waals surface area contributed by atoms with Gasteiger partial charge in [-0.15, -0.1) is 0 Å². The van der Waals surface area contributed by atoms with Crippen molar-refractivity contribution in [2.24, 2.45) is 0 Å². The van der Waals surface area contributed by atoms with Crippen LogP contribution in [0.25, 0.3) is 16.3 Å². The van der Waals surface area contributed by atoms with Crippen LogP contribution in [-0.4, -0.2) is 0 Å². The van der Waals surface area contributed by atoms with Crippen molar-refractivity contribution in [1.82, 2.24) is 0 Å². The second-order valence-electron chi connectivity index (χ2n) is 5.29. The molecule has 3 aromatic rings. The smallest absolute Gasteiger partial charge is 0.173 e. The fourth-order valence-corrected chi connectivity index (χ4v) is 2.64. The van der Waals surface area contributed by atoms with Gasteiger partial charge in [-0.05, 0) is 40.8 Å². The third-order valence-corrected chi connectivity index (χ3v) is 3.83. The minimum Gasteiger partial charge on any atom is -0.173 e. The van der Waals surface area contributed by atoms with Gasteiger partial charge >= 0.3 is 0 Å². The topological polar surface area (TPSA) is 0 Å². The maximum Gasteiger partial charge on any atom is 0.274 e. The first-order valence-electron chi connectivity index (χ1n) is 7.31. The van der Waals surface area contributed by atoms with Crippen LogP contribution in [0, 0.1) is 0 Å². The first-order chi connectivity index (χ1) is 10.7. The predicted octanol–water partition coefficient (Wildman–Crippen LogP) is 6.08. The lowest BCUT2D eigenvalue weighted by Gasteiger charge is -2.08. The summed E-state index contributed by atoms with van der Waals surface area (Å²) in [6.45, 7) is 0. The average molecular weight is 294 g/mol. The number of fused-ring (bicyclic) bond motifs is 1. The molecule has 22 heavy (non-hydrogen) atoms. The van der Waals surface area contributed by atoms with Crippen molar-refractivity contribution >= 4 is 16.3 Å². The molecule has 0 aliphatic carbocycles. The molecule has 0 unspecified atom stereocenters. The fourth-order valence-electron chi connectivity index (χ4n) is 2.64. The summed E-state index contributed by atoms with van der Waals surface area (Å²) in [7, 11) is 0. The van der Waals surface area contributed by atoms with Crippen molar-refractivity contribution in [3.63, 3.8) is 0 Å². The molecule has 2 heteroatoms. The molecule has 0 aromatic heterocycles. The predicted molar refractivity (Wildman–Crippen MR) is 87.8 cm³/mol. The van der Waals surface area contributed by atoms with Gasteiger partial charge in [0, 0.05) is 5.57 Å². The molecule has 3 aromatic carbocycles. The summed E-state index contributed by atoms with van der Waals surface area (Å²) >= 11 is 0. The lowest BCUT2D eigenvalue weighted by atomic mass is 9.97. The summed E-state index contributed by atoms with van der Waals surface area (Å²) in [6, 6.07) is 23.0. The van der Waals surface area contributed by atoms with E-state index in [9.17, 15) is 8.78 Å². The summed E-state index contributed by atoms with van der Waals surface area (Å²) in [6.07, 6.45) is -0.642. The molecule has 0 aliphatic heterocycles. The third-order valence-electron chi connectivity index (χ3n) is 3.83. The average Bonchev–Trinajstić information content (AvgIpc) is 2.55. The first-order valence-corrected chi connectivity index (χ1v) is 7.31. The molecule has 0 nitrogen and oxygen atoms in total. The van der Waals surface area contributed by atoms with E-state index in [-0.39, 0.29) is 5.57 Å². The van der Waals surface area contributed by atoms with Crippen molar-refractivity contribution in [3.8, 4) is 0 Å². The van der Waals surface area contributed by atoms with Crippen molar-refractivity contribution in [2.45, 2.75) is 12.8 Å². The van der Waals surface area contributed by atoms with Gasteiger partial charge in [-0.2, -0.15) is 8.78 Å². The van der Waals surface area contributed by atoms with Gasteiger partial charge in [-0.3, -0.25) is 0 Å². The number of aryl methyl sites for hydroxylation is 1. The van der Waals surface area contributed by atoms with Crippen molar-refractivity contribution < 1.29 is 8.78 Å². The molecule has 0 bridgehead atoms. The maximum atomic E-state index is 13.4. The van der Waals surface area contributed by atoms with Crippen LogP contribution >= 0.6 is 0 Å². The zero-order valence-corrected chi connectivity index (χ0v) is 12.1. The van der Waals surface area contributed by atoms with Crippen LogP contribution in [0.3, 0.4) is 0 Å². The van der Waals surface area contributed by atoms with E-state index in [0.29, 0.717) is 18.4 Å². The Labute approximate surface area is 128 Å². The van der Waals surface area contributed by atoms with Gasteiger partial charge in [0.15, 0.2) is 0 Å². The van der Waals surface area contributed by atoms with Crippen LogP contribution < -0.4 is 0 Å². The van der Waals surface area contributed by atoms with E-state index >= 15 is 0 Å². The second-order valence-corrected chi connectivity index (χ2v) is 5.29. The Kier molecular flexibility index (Phi) is 4.29. The van der Waals surface area contributed by atoms with Gasteiger partial charge in [0.1, 0.15) is 0 Å². The highest BCUT2D eigenvalue weighted by molar-refractivity contribution is 5.86. The molecule has 3 rings (SSSR count). The summed E-state index contributed by atoms with van der Waals surface area (Å²) in [5.74, 6) is 0. The van der Waals surface area contributed by atoms with E-state index in [1.165, 1.54) is 0 Å². The summed E-state index contributed by atoms with van der Waals surface area (Å²) in [5, 5.41) is 2.05. The van der Waals surface area contributed by atoms with Crippen molar-refractivity contribution in [1.29, 1.82) is 0 Å². The molecular formula is C20H16F2. The van der Waals surface area contributed by atoms with Crippen LogP contribution in [0.1, 0.15) is 17.5 Å². The minimum absolute atomic E-state index is 0.134. The Morgan fingerprint density at radius 2 is 1.41 bits per heavy atom. The lowest BCUT2D eigenvalue weighted by molar-refractivity contribution is 0.423. The zero-order valence-electron chi connectivity index (χ0n) is 12.1. The Bertz CT molecular complexity index is 800. The van der Waals surface area contributed by atoms with Gasteiger partial charge in [0.25, 0.3) is 6.08 Å². The molecule has 0 atom stereocenters. The molecule has 0 saturated heterocycles. The third kappa shape index (κ3) is 3.22. The molecule has 0 spiro atoms. The summed E-state index contributed by atoms with van der Waals surface area (Å²) < 4.78 is 26.7. The van der Waals surface area contributed by atoms with Crippen LogP contribution in [0.4, 0.5) is 8.78 Å². The van der Waals surface area contributed by atoms with Gasteiger partial charge in [-0.25, -0.2) is 0 Å². The van der Waals surface area contributed by atoms with Crippen molar-refractivity contribution in [2.75, 3.05) is 0 Å². The standard InChI is InChI=1S/C20H16F2/c21-20(22)19(13-10-15-6-2-1-3-7-15)18-12-11-16-8-4-5-9-17(16)14-18/h1-9,11-12,14H,10,13H2. The number of rotatable bonds is 4. The Balaban J connectivity index is 1.88. The lowest BCUT2D eigenvalue weighted by Crippen LogP contribution is -1.91. The van der Waals surface area contributed by atoms with Gasteiger partial charge in [-0.1, -0.05) is 66.7 Å². The molecule has 110 valence electrons. The van der Waals surface area contributed by atoms with E-state index in [2.05, 4.69) is 0 Å². The fraction of sp³-hybridized carbons (Fsp3) is 0.100. The van der Waals surface area contributed by atoms with Crippen LogP contribution in [0.15, 0.2) is 78.9 Å². The van der Waals surface area contributed by atoms with Crippen LogP contribution in [0.2, 0.25) is 0 Å². The van der Waals surface area contributed by atoms with E-state index < -0.39 is 6.08 Å². The number of hydrogen-bond acceptors (Lipinski definition) is 0. The Morgan fingerprint density at radius 3 is 2.14 bits per heavy atom. The summed E-state index contributed by atoms with van der Waals surface area (Å²) in [5.41, 5.74) is 1.81. The number of halogens is 2. The van der Waals surface area contributed by atoms with E-state index in [1.54, 1.807) is 6.07 Å². The van der Waals surface area contributed by atoms with Gasteiger partial charge < -0.3 is 0 Å². The number of hydrogen-bond donors (Lipinski definition) is 0. The molecule has 0 N–H and O–H groups in total. The van der Waals surface area contributed by atoms with Crippen LogP contribution in [0.5, 0.6) is 0 Å². The molecule has 0 radical (unpaired) electrons. The first kappa shape index (κ1) is 14.5. The molecule has 0 saturated carbocycles. The van der Waals surface area contributed by atoms with Gasteiger partial charge in [0.2, 0.25) is 0 Å². The highest BCUT2D eigenvalue weighted by atomic mass is 19.3. The quantitative estimate of drug-likeness (QED) is 0.547. The van der Waals surface area contributed by atoms with Gasteiger partial charge in [0.05, 0.1) is 0 Å². The minimum atomic E-state index is -1.59. The molecule has 0 aliphatic rings. The highest BCUT2D eigenvalue weighted by Crippen LogP contribution is 2.28. The highest BCUT2D eigenvalue weighted by Gasteiger charge is 2.10. The molecule has 0 fully saturated rings. The second kappa shape index (κ2) is 6.52. The normalized spacial score (nSPS) is 10.6. The number of allylic oxidation sites excluding steroid dienone is 1. The molecular weight excluding hydrogens is 278 g/mol.